The number of methoxy groups -OCH3 is 2. The number of hydrogen-bond acceptors (Lipinski definition) is 6. The average molecular weight is 520 g/mol. The van der Waals surface area contributed by atoms with E-state index in [2.05, 4.69) is 6.92 Å². The van der Waals surface area contributed by atoms with E-state index in [1.807, 2.05) is 6.07 Å². The molecule has 0 bridgehead atoms. The van der Waals surface area contributed by atoms with Crippen LogP contribution in [-0.2, 0) is 0 Å². The Morgan fingerprint density at radius 3 is 2.43 bits per heavy atom. The van der Waals surface area contributed by atoms with Gasteiger partial charge in [0.05, 0.1) is 37.8 Å². The van der Waals surface area contributed by atoms with Crippen molar-refractivity contribution in [2.45, 2.75) is 25.8 Å². The molecule has 0 saturated carbocycles. The van der Waals surface area contributed by atoms with Crippen LogP contribution in [0.15, 0.2) is 69.9 Å². The first-order valence-electron chi connectivity index (χ1n) is 12.0. The summed E-state index contributed by atoms with van der Waals surface area (Å²) < 4.78 is 22.8. The van der Waals surface area contributed by atoms with Crippen LogP contribution in [0.25, 0.3) is 11.0 Å². The Morgan fingerprint density at radius 1 is 0.946 bits per heavy atom. The van der Waals surface area contributed by atoms with E-state index in [-0.39, 0.29) is 16.8 Å². The summed E-state index contributed by atoms with van der Waals surface area (Å²) in [4.78, 5) is 29.1. The standard InChI is InChI=1S/C29H26ClNO6/c1-4-5-14-36-23-12-6-17(15-24(23)35-3)26-25-27(32)21-16-18(30)7-13-22(21)37-28(25)29(33)31(26)19-8-10-20(34-2)11-9-19/h6-13,15-16,26H,4-5,14H2,1-3H3. The van der Waals surface area contributed by atoms with Gasteiger partial charge in [0.15, 0.2) is 16.9 Å². The molecule has 1 aliphatic heterocycles. The zero-order chi connectivity index (χ0) is 26.1. The minimum Gasteiger partial charge on any atom is -0.497 e. The molecule has 0 radical (unpaired) electrons. The zero-order valence-electron chi connectivity index (χ0n) is 20.7. The number of fused-ring (bicyclic) bond motifs is 2. The molecule has 4 aromatic rings. The summed E-state index contributed by atoms with van der Waals surface area (Å²) in [6.45, 7) is 2.65. The molecule has 3 aromatic carbocycles. The Labute approximate surface area is 219 Å². The number of anilines is 1. The van der Waals surface area contributed by atoms with E-state index in [0.29, 0.717) is 51.1 Å². The third-order valence-electron chi connectivity index (χ3n) is 6.44. The molecule has 7 nitrogen and oxygen atoms in total. The van der Waals surface area contributed by atoms with Crippen LogP contribution in [-0.4, -0.2) is 26.7 Å². The van der Waals surface area contributed by atoms with Crippen molar-refractivity contribution < 1.29 is 23.4 Å². The molecule has 5 rings (SSSR count). The Balaban J connectivity index is 1.70. The quantitative estimate of drug-likeness (QED) is 0.251. The van der Waals surface area contributed by atoms with Gasteiger partial charge in [-0.1, -0.05) is 31.0 Å². The van der Waals surface area contributed by atoms with Gasteiger partial charge < -0.3 is 18.6 Å². The fraction of sp³-hybridized carbons (Fsp3) is 0.241. The summed E-state index contributed by atoms with van der Waals surface area (Å²) in [6.07, 6.45) is 1.92. The Bertz CT molecular complexity index is 1530. The summed E-state index contributed by atoms with van der Waals surface area (Å²) in [6, 6.07) is 16.5. The predicted molar refractivity (Wildman–Crippen MR) is 143 cm³/mol. The number of rotatable bonds is 8. The predicted octanol–water partition coefficient (Wildman–Crippen LogP) is 6.39. The van der Waals surface area contributed by atoms with Gasteiger partial charge >= 0.3 is 0 Å². The van der Waals surface area contributed by atoms with Crippen LogP contribution in [0.3, 0.4) is 0 Å². The minimum atomic E-state index is -0.755. The van der Waals surface area contributed by atoms with Crippen LogP contribution in [0.4, 0.5) is 5.69 Å². The molecule has 0 saturated heterocycles. The largest absolute Gasteiger partial charge is 0.497 e. The number of amides is 1. The van der Waals surface area contributed by atoms with E-state index in [1.165, 1.54) is 0 Å². The molecule has 0 spiro atoms. The van der Waals surface area contributed by atoms with Crippen LogP contribution >= 0.6 is 11.6 Å². The number of carbonyl (C=O) groups excluding carboxylic acids is 1. The van der Waals surface area contributed by atoms with Crippen LogP contribution in [0, 0.1) is 0 Å². The number of carbonyl (C=O) groups is 1. The fourth-order valence-corrected chi connectivity index (χ4v) is 4.74. The topological polar surface area (TPSA) is 78.2 Å². The minimum absolute atomic E-state index is 0.00267. The zero-order valence-corrected chi connectivity index (χ0v) is 21.5. The molecular weight excluding hydrogens is 494 g/mol. The number of hydrogen-bond donors (Lipinski definition) is 0. The molecular formula is C29H26ClNO6. The van der Waals surface area contributed by atoms with Crippen molar-refractivity contribution in [2.75, 3.05) is 25.7 Å². The molecule has 0 fully saturated rings. The van der Waals surface area contributed by atoms with Crippen molar-refractivity contribution >= 4 is 34.2 Å². The first-order valence-corrected chi connectivity index (χ1v) is 12.4. The number of benzene rings is 3. The number of nitrogens with zero attached hydrogens (tertiary/aromatic N) is 1. The Kier molecular flexibility index (Phi) is 6.80. The lowest BCUT2D eigenvalue weighted by molar-refractivity contribution is 0.0971. The number of halogens is 1. The fourth-order valence-electron chi connectivity index (χ4n) is 4.57. The lowest BCUT2D eigenvalue weighted by Gasteiger charge is -2.26. The van der Waals surface area contributed by atoms with E-state index >= 15 is 0 Å². The molecule has 1 aromatic heterocycles. The maximum absolute atomic E-state index is 13.8. The highest BCUT2D eigenvalue weighted by molar-refractivity contribution is 6.31. The van der Waals surface area contributed by atoms with E-state index in [4.69, 9.17) is 30.2 Å². The lowest BCUT2D eigenvalue weighted by Crippen LogP contribution is -2.29. The van der Waals surface area contributed by atoms with Gasteiger partial charge in [0, 0.05) is 10.7 Å². The van der Waals surface area contributed by atoms with Crippen molar-refractivity contribution in [2.24, 2.45) is 0 Å². The number of ether oxygens (including phenoxy) is 3. The summed E-state index contributed by atoms with van der Waals surface area (Å²) in [5.74, 6) is 1.34. The van der Waals surface area contributed by atoms with E-state index in [1.54, 1.807) is 73.7 Å². The van der Waals surface area contributed by atoms with E-state index in [9.17, 15) is 9.59 Å². The maximum Gasteiger partial charge on any atom is 0.295 e. The normalized spacial score (nSPS) is 14.6. The van der Waals surface area contributed by atoms with Gasteiger partial charge in [-0.25, -0.2) is 0 Å². The van der Waals surface area contributed by atoms with Crippen LogP contribution < -0.4 is 24.5 Å². The SMILES string of the molecule is CCCCOc1ccc(C2c3c(oc4ccc(Cl)cc4c3=O)C(=O)N2c2ccc(OC)cc2)cc1OC. The van der Waals surface area contributed by atoms with Gasteiger partial charge in [0.1, 0.15) is 11.3 Å². The van der Waals surface area contributed by atoms with Crippen LogP contribution in [0.1, 0.15) is 47.5 Å². The van der Waals surface area contributed by atoms with Crippen LogP contribution in [0.5, 0.6) is 17.2 Å². The van der Waals surface area contributed by atoms with Crippen molar-refractivity contribution in [3.05, 3.63) is 92.8 Å². The van der Waals surface area contributed by atoms with Crippen molar-refractivity contribution in [1.82, 2.24) is 0 Å². The number of unbranched alkanes of at least 4 members (excludes halogenated alkanes) is 1. The molecule has 1 atom stereocenters. The highest BCUT2D eigenvalue weighted by Gasteiger charge is 2.44. The first kappa shape index (κ1) is 24.7. The van der Waals surface area contributed by atoms with E-state index in [0.717, 1.165) is 12.8 Å². The molecule has 0 aliphatic carbocycles. The summed E-state index contributed by atoms with van der Waals surface area (Å²) in [5, 5.41) is 0.718. The molecule has 8 heteroatoms. The van der Waals surface area contributed by atoms with E-state index < -0.39 is 11.9 Å². The highest BCUT2D eigenvalue weighted by Crippen LogP contribution is 2.43. The third kappa shape index (κ3) is 4.40. The smallest absolute Gasteiger partial charge is 0.295 e. The monoisotopic (exact) mass is 519 g/mol. The summed E-state index contributed by atoms with van der Waals surface area (Å²) in [7, 11) is 3.13. The average Bonchev–Trinajstić information content (AvgIpc) is 3.21. The van der Waals surface area contributed by atoms with Gasteiger partial charge in [0.25, 0.3) is 5.91 Å². The summed E-state index contributed by atoms with van der Waals surface area (Å²) >= 11 is 6.19. The van der Waals surface area contributed by atoms with Crippen molar-refractivity contribution in [3.63, 3.8) is 0 Å². The van der Waals surface area contributed by atoms with Crippen LogP contribution in [0.2, 0.25) is 5.02 Å². The maximum atomic E-state index is 13.8. The van der Waals surface area contributed by atoms with Crippen molar-refractivity contribution in [3.8, 4) is 17.2 Å². The molecule has 37 heavy (non-hydrogen) atoms. The van der Waals surface area contributed by atoms with Gasteiger partial charge in [0.2, 0.25) is 5.76 Å². The molecule has 1 amide bonds. The molecule has 0 N–H and O–H groups in total. The van der Waals surface area contributed by atoms with Gasteiger partial charge in [-0.15, -0.1) is 0 Å². The molecule has 1 unspecified atom stereocenters. The second-order valence-electron chi connectivity index (χ2n) is 8.70. The van der Waals surface area contributed by atoms with Gasteiger partial charge in [-0.05, 0) is 66.6 Å². The second-order valence-corrected chi connectivity index (χ2v) is 9.14. The summed E-state index contributed by atoms with van der Waals surface area (Å²) in [5.41, 5.74) is 1.50. The van der Waals surface area contributed by atoms with Gasteiger partial charge in [-0.2, -0.15) is 0 Å². The molecule has 1 aliphatic rings. The Morgan fingerprint density at radius 2 is 1.73 bits per heavy atom. The first-order chi connectivity index (χ1) is 18.0. The Hall–Kier alpha value is -3.97. The second kappa shape index (κ2) is 10.2. The lowest BCUT2D eigenvalue weighted by atomic mass is 9.97. The highest BCUT2D eigenvalue weighted by atomic mass is 35.5. The third-order valence-corrected chi connectivity index (χ3v) is 6.68. The molecule has 2 heterocycles. The molecule has 190 valence electrons. The van der Waals surface area contributed by atoms with Gasteiger partial charge in [-0.3, -0.25) is 14.5 Å². The van der Waals surface area contributed by atoms with Crippen molar-refractivity contribution in [1.29, 1.82) is 0 Å².